The van der Waals surface area contributed by atoms with Gasteiger partial charge < -0.3 is 10.1 Å². The summed E-state index contributed by atoms with van der Waals surface area (Å²) in [4.78, 5) is 0. The van der Waals surface area contributed by atoms with Crippen molar-refractivity contribution < 1.29 is 4.74 Å². The molecular formula is C14H22ClNO. The minimum Gasteiger partial charge on any atom is -0.380 e. The predicted octanol–water partition coefficient (Wildman–Crippen LogP) is 3.49. The first-order valence-corrected chi connectivity index (χ1v) is 6.60. The van der Waals surface area contributed by atoms with E-state index < -0.39 is 0 Å². The number of rotatable bonds is 8. The highest BCUT2D eigenvalue weighted by Crippen LogP contribution is 2.13. The van der Waals surface area contributed by atoms with Crippen molar-refractivity contribution in [2.45, 2.75) is 26.8 Å². The number of halogens is 1. The molecule has 0 unspecified atom stereocenters. The highest BCUT2D eigenvalue weighted by molar-refractivity contribution is 6.31. The Labute approximate surface area is 109 Å². The fraction of sp³-hybridized carbons (Fsp3) is 0.571. The van der Waals surface area contributed by atoms with Crippen molar-refractivity contribution in [3.05, 3.63) is 34.9 Å². The molecule has 0 bridgehead atoms. The standard InChI is InChI=1S/C14H22ClNO/c1-12(2)7-9-17-10-8-16-11-13-5-3-4-6-14(13)15/h3-6,12,16H,7-11H2,1-2H3. The molecule has 0 fully saturated rings. The maximum absolute atomic E-state index is 6.05. The Morgan fingerprint density at radius 2 is 2.00 bits per heavy atom. The Morgan fingerprint density at radius 1 is 1.24 bits per heavy atom. The third-order valence-electron chi connectivity index (χ3n) is 2.54. The zero-order valence-electron chi connectivity index (χ0n) is 10.7. The number of nitrogens with one attached hydrogen (secondary N) is 1. The molecule has 0 heterocycles. The van der Waals surface area contributed by atoms with Gasteiger partial charge in [-0.05, 0) is 24.0 Å². The van der Waals surface area contributed by atoms with Crippen molar-refractivity contribution in [3.63, 3.8) is 0 Å². The number of benzene rings is 1. The molecule has 0 aliphatic heterocycles. The van der Waals surface area contributed by atoms with Crippen molar-refractivity contribution in [1.29, 1.82) is 0 Å². The van der Waals surface area contributed by atoms with Crippen LogP contribution < -0.4 is 5.32 Å². The summed E-state index contributed by atoms with van der Waals surface area (Å²) in [5, 5.41) is 4.14. The van der Waals surface area contributed by atoms with Crippen LogP contribution in [0.15, 0.2) is 24.3 Å². The summed E-state index contributed by atoms with van der Waals surface area (Å²) in [5.41, 5.74) is 1.14. The Kier molecular flexibility index (Phi) is 7.25. The van der Waals surface area contributed by atoms with Gasteiger partial charge in [0.15, 0.2) is 0 Å². The van der Waals surface area contributed by atoms with E-state index in [1.54, 1.807) is 0 Å². The number of hydrogen-bond acceptors (Lipinski definition) is 2. The fourth-order valence-corrected chi connectivity index (χ4v) is 1.63. The van der Waals surface area contributed by atoms with Gasteiger partial charge >= 0.3 is 0 Å². The zero-order chi connectivity index (χ0) is 12.5. The van der Waals surface area contributed by atoms with Crippen LogP contribution in [0, 0.1) is 5.92 Å². The maximum atomic E-state index is 6.05. The van der Waals surface area contributed by atoms with Crippen molar-refractivity contribution in [1.82, 2.24) is 5.32 Å². The summed E-state index contributed by atoms with van der Waals surface area (Å²) in [6.07, 6.45) is 1.13. The molecule has 0 amide bonds. The Hall–Kier alpha value is -0.570. The highest BCUT2D eigenvalue weighted by atomic mass is 35.5. The van der Waals surface area contributed by atoms with E-state index in [-0.39, 0.29) is 0 Å². The normalized spacial score (nSPS) is 11.1. The van der Waals surface area contributed by atoms with E-state index >= 15 is 0 Å². The lowest BCUT2D eigenvalue weighted by Crippen LogP contribution is -2.19. The summed E-state index contributed by atoms with van der Waals surface area (Å²) in [6.45, 7) is 7.69. The second-order valence-corrected chi connectivity index (χ2v) is 4.97. The van der Waals surface area contributed by atoms with Crippen LogP contribution in [0.1, 0.15) is 25.8 Å². The van der Waals surface area contributed by atoms with Crippen molar-refractivity contribution >= 4 is 11.6 Å². The van der Waals surface area contributed by atoms with Gasteiger partial charge in [0.25, 0.3) is 0 Å². The van der Waals surface area contributed by atoms with Crippen molar-refractivity contribution in [2.75, 3.05) is 19.8 Å². The van der Waals surface area contributed by atoms with Crippen LogP contribution in [0.3, 0.4) is 0 Å². The third kappa shape index (κ3) is 6.67. The van der Waals surface area contributed by atoms with E-state index in [2.05, 4.69) is 19.2 Å². The molecule has 0 saturated heterocycles. The molecule has 1 N–H and O–H groups in total. The van der Waals surface area contributed by atoms with E-state index in [1.165, 1.54) is 0 Å². The molecule has 2 nitrogen and oxygen atoms in total. The topological polar surface area (TPSA) is 21.3 Å². The second-order valence-electron chi connectivity index (χ2n) is 4.56. The van der Waals surface area contributed by atoms with Gasteiger partial charge in [0.05, 0.1) is 6.61 Å². The predicted molar refractivity (Wildman–Crippen MR) is 73.4 cm³/mol. The monoisotopic (exact) mass is 255 g/mol. The van der Waals surface area contributed by atoms with Gasteiger partial charge in [-0.25, -0.2) is 0 Å². The molecule has 0 aromatic heterocycles. The average Bonchev–Trinajstić information content (AvgIpc) is 2.30. The Morgan fingerprint density at radius 3 is 2.71 bits per heavy atom. The van der Waals surface area contributed by atoms with Gasteiger partial charge in [0, 0.05) is 24.7 Å². The number of ether oxygens (including phenoxy) is 1. The summed E-state index contributed by atoms with van der Waals surface area (Å²) >= 11 is 6.05. The molecule has 3 heteroatoms. The summed E-state index contributed by atoms with van der Waals surface area (Å²) < 4.78 is 5.52. The van der Waals surface area contributed by atoms with E-state index in [1.807, 2.05) is 24.3 Å². The molecule has 0 spiro atoms. The summed E-state index contributed by atoms with van der Waals surface area (Å²) in [6, 6.07) is 7.90. The first kappa shape index (κ1) is 14.5. The summed E-state index contributed by atoms with van der Waals surface area (Å²) in [5.74, 6) is 0.714. The van der Waals surface area contributed by atoms with Crippen LogP contribution in [0.4, 0.5) is 0 Å². The summed E-state index contributed by atoms with van der Waals surface area (Å²) in [7, 11) is 0. The lowest BCUT2D eigenvalue weighted by Gasteiger charge is -2.08. The molecule has 17 heavy (non-hydrogen) atoms. The highest BCUT2D eigenvalue weighted by Gasteiger charge is 1.98. The molecule has 1 rings (SSSR count). The molecule has 0 saturated carbocycles. The van der Waals surface area contributed by atoms with Gasteiger partial charge in [-0.1, -0.05) is 43.6 Å². The smallest absolute Gasteiger partial charge is 0.0591 e. The molecule has 0 radical (unpaired) electrons. The van der Waals surface area contributed by atoms with Crippen LogP contribution in [0.2, 0.25) is 5.02 Å². The van der Waals surface area contributed by atoms with Crippen molar-refractivity contribution in [2.24, 2.45) is 5.92 Å². The molecule has 96 valence electrons. The third-order valence-corrected chi connectivity index (χ3v) is 2.90. The Balaban J connectivity index is 2.03. The molecule has 0 aliphatic carbocycles. The van der Waals surface area contributed by atoms with Crippen LogP contribution in [-0.2, 0) is 11.3 Å². The van der Waals surface area contributed by atoms with Crippen LogP contribution in [0.5, 0.6) is 0 Å². The van der Waals surface area contributed by atoms with Gasteiger partial charge in [0.2, 0.25) is 0 Å². The van der Waals surface area contributed by atoms with Gasteiger partial charge in [-0.3, -0.25) is 0 Å². The molecular weight excluding hydrogens is 234 g/mol. The molecule has 0 atom stereocenters. The van der Waals surface area contributed by atoms with Gasteiger partial charge in [0.1, 0.15) is 0 Å². The van der Waals surface area contributed by atoms with Gasteiger partial charge in [-0.2, -0.15) is 0 Å². The minimum absolute atomic E-state index is 0.714. The van der Waals surface area contributed by atoms with Crippen LogP contribution in [-0.4, -0.2) is 19.8 Å². The Bertz CT molecular complexity index is 315. The molecule has 0 aliphatic rings. The van der Waals surface area contributed by atoms with Crippen LogP contribution >= 0.6 is 11.6 Å². The van der Waals surface area contributed by atoms with Gasteiger partial charge in [-0.15, -0.1) is 0 Å². The number of hydrogen-bond donors (Lipinski definition) is 1. The first-order chi connectivity index (χ1) is 8.20. The quantitative estimate of drug-likeness (QED) is 0.718. The lowest BCUT2D eigenvalue weighted by molar-refractivity contribution is 0.125. The van der Waals surface area contributed by atoms with E-state index in [4.69, 9.17) is 16.3 Å². The van der Waals surface area contributed by atoms with Crippen LogP contribution in [0.25, 0.3) is 0 Å². The first-order valence-electron chi connectivity index (χ1n) is 6.22. The maximum Gasteiger partial charge on any atom is 0.0591 e. The molecule has 1 aromatic rings. The average molecular weight is 256 g/mol. The minimum atomic E-state index is 0.714. The van der Waals surface area contributed by atoms with E-state index in [0.29, 0.717) is 5.92 Å². The second kappa shape index (κ2) is 8.51. The largest absolute Gasteiger partial charge is 0.380 e. The fourth-order valence-electron chi connectivity index (χ4n) is 1.43. The van der Waals surface area contributed by atoms with E-state index in [9.17, 15) is 0 Å². The lowest BCUT2D eigenvalue weighted by atomic mass is 10.1. The zero-order valence-corrected chi connectivity index (χ0v) is 11.5. The molecule has 1 aromatic carbocycles. The SMILES string of the molecule is CC(C)CCOCCNCc1ccccc1Cl. The van der Waals surface area contributed by atoms with Crippen molar-refractivity contribution in [3.8, 4) is 0 Å². The van der Waals surface area contributed by atoms with E-state index in [0.717, 1.165) is 43.3 Å².